The summed E-state index contributed by atoms with van der Waals surface area (Å²) in [6.07, 6.45) is 2.97. The van der Waals surface area contributed by atoms with Crippen molar-refractivity contribution in [1.82, 2.24) is 4.57 Å². The zero-order valence-corrected chi connectivity index (χ0v) is 20.1. The molecule has 3 aromatic rings. The molecule has 1 aliphatic heterocycles. The quantitative estimate of drug-likeness (QED) is 0.515. The van der Waals surface area contributed by atoms with Gasteiger partial charge in [-0.1, -0.05) is 24.8 Å². The van der Waals surface area contributed by atoms with E-state index in [-0.39, 0.29) is 17.2 Å². The maximum absolute atomic E-state index is 12.9. The lowest BCUT2D eigenvalue weighted by Crippen LogP contribution is -2.43. The number of pyridine rings is 1. The number of nitrogens with zero attached hydrogens (tertiary/aromatic N) is 1. The summed E-state index contributed by atoms with van der Waals surface area (Å²) in [6, 6.07) is 11.4. The molecule has 0 saturated heterocycles. The fraction of sp³-hybridized carbons (Fsp3) is 0.259. The van der Waals surface area contributed by atoms with Gasteiger partial charge in [0.25, 0.3) is 5.56 Å². The first-order chi connectivity index (χ1) is 16.1. The normalized spacial score (nSPS) is 13.8. The van der Waals surface area contributed by atoms with Crippen LogP contribution >= 0.6 is 0 Å². The molecule has 1 amide bonds. The van der Waals surface area contributed by atoms with Crippen LogP contribution in [0.2, 0.25) is 0 Å². The molecule has 0 atom stereocenters. The molecule has 0 fully saturated rings. The molecule has 7 heteroatoms. The number of hydrogen-bond acceptors (Lipinski definition) is 5. The van der Waals surface area contributed by atoms with Gasteiger partial charge in [0.1, 0.15) is 17.1 Å². The van der Waals surface area contributed by atoms with Crippen molar-refractivity contribution in [2.45, 2.75) is 33.3 Å². The third kappa shape index (κ3) is 4.41. The summed E-state index contributed by atoms with van der Waals surface area (Å²) in [7, 11) is 1.69. The van der Waals surface area contributed by atoms with Crippen molar-refractivity contribution in [3.63, 3.8) is 0 Å². The number of ether oxygens (including phenoxy) is 2. The molecular formula is C27H29N3O4. The third-order valence-corrected chi connectivity index (χ3v) is 5.75. The fourth-order valence-corrected chi connectivity index (χ4v) is 3.96. The lowest BCUT2D eigenvalue weighted by molar-refractivity contribution is -0.111. The van der Waals surface area contributed by atoms with Crippen molar-refractivity contribution in [3.8, 4) is 28.4 Å². The van der Waals surface area contributed by atoms with Crippen LogP contribution in [0.15, 0.2) is 60.0 Å². The molecule has 176 valence electrons. The van der Waals surface area contributed by atoms with E-state index in [1.165, 1.54) is 10.6 Å². The largest absolute Gasteiger partial charge is 0.478 e. The minimum atomic E-state index is -0.533. The highest BCUT2D eigenvalue weighted by atomic mass is 16.5. The average Bonchev–Trinajstić information content (AvgIpc) is 2.79. The molecule has 0 radical (unpaired) electrons. The van der Waals surface area contributed by atoms with Crippen LogP contribution in [0.5, 0.6) is 17.2 Å². The summed E-state index contributed by atoms with van der Waals surface area (Å²) < 4.78 is 14.0. The molecule has 0 bridgehead atoms. The second-order valence-electron chi connectivity index (χ2n) is 9.11. The number of amides is 1. The Labute approximate surface area is 199 Å². The molecule has 4 rings (SSSR count). The smallest absolute Gasteiger partial charge is 0.294 e. The molecule has 0 spiro atoms. The second kappa shape index (κ2) is 8.74. The molecule has 0 saturated carbocycles. The molecule has 34 heavy (non-hydrogen) atoms. The monoisotopic (exact) mass is 459 g/mol. The summed E-state index contributed by atoms with van der Waals surface area (Å²) in [5.41, 5.74) is 3.84. The van der Waals surface area contributed by atoms with E-state index >= 15 is 0 Å². The molecule has 2 N–H and O–H groups in total. The van der Waals surface area contributed by atoms with Crippen molar-refractivity contribution in [1.29, 1.82) is 0 Å². The van der Waals surface area contributed by atoms with Gasteiger partial charge >= 0.3 is 0 Å². The second-order valence-corrected chi connectivity index (χ2v) is 9.11. The zero-order valence-electron chi connectivity index (χ0n) is 20.1. The van der Waals surface area contributed by atoms with E-state index in [9.17, 15) is 9.59 Å². The van der Waals surface area contributed by atoms with Crippen LogP contribution in [0, 0.1) is 13.8 Å². The van der Waals surface area contributed by atoms with Gasteiger partial charge in [0.05, 0.1) is 12.2 Å². The Bertz CT molecular complexity index is 1330. The number of carbonyl (C=O) groups excluding carboxylic acids is 1. The van der Waals surface area contributed by atoms with Crippen LogP contribution in [-0.4, -0.2) is 22.6 Å². The summed E-state index contributed by atoms with van der Waals surface area (Å²) in [5, 5.41) is 6.18. The van der Waals surface area contributed by atoms with E-state index in [2.05, 4.69) is 17.2 Å². The van der Waals surface area contributed by atoms with E-state index in [0.29, 0.717) is 29.2 Å². The van der Waals surface area contributed by atoms with E-state index in [4.69, 9.17) is 9.47 Å². The fourth-order valence-electron chi connectivity index (χ4n) is 3.96. The number of anilines is 2. The molecule has 2 heterocycles. The average molecular weight is 460 g/mol. The number of aromatic nitrogens is 1. The van der Waals surface area contributed by atoms with Gasteiger partial charge in [-0.2, -0.15) is 0 Å². The van der Waals surface area contributed by atoms with E-state index < -0.39 is 5.60 Å². The number of nitrogens with one attached hydrogen (secondary N) is 2. The Morgan fingerprint density at radius 2 is 1.91 bits per heavy atom. The van der Waals surface area contributed by atoms with Crippen LogP contribution in [-0.2, 0) is 11.8 Å². The minimum Gasteiger partial charge on any atom is -0.478 e. The molecule has 1 aromatic heterocycles. The van der Waals surface area contributed by atoms with Gasteiger partial charge in [-0.15, -0.1) is 0 Å². The number of rotatable bonds is 5. The molecule has 0 unspecified atom stereocenters. The van der Waals surface area contributed by atoms with Gasteiger partial charge in [-0.3, -0.25) is 9.59 Å². The Morgan fingerprint density at radius 1 is 1.21 bits per heavy atom. The number of hydrogen-bond donors (Lipinski definition) is 2. The van der Waals surface area contributed by atoms with E-state index in [1.807, 2.05) is 58.0 Å². The van der Waals surface area contributed by atoms with Gasteiger partial charge in [0.2, 0.25) is 11.7 Å². The van der Waals surface area contributed by atoms with Crippen molar-refractivity contribution in [3.05, 3.63) is 76.7 Å². The zero-order chi connectivity index (χ0) is 24.6. The summed E-state index contributed by atoms with van der Waals surface area (Å²) in [6.45, 7) is 11.9. The first-order valence-electron chi connectivity index (χ1n) is 11.1. The summed E-state index contributed by atoms with van der Waals surface area (Å²) in [5.74, 6) is 1.28. The molecule has 7 nitrogen and oxygen atoms in total. The number of carbonyl (C=O) groups is 1. The Morgan fingerprint density at radius 3 is 2.59 bits per heavy atom. The highest BCUT2D eigenvalue weighted by Gasteiger charge is 2.31. The SMILES string of the molecule is C=CC(=O)Nc1ccc(Oc2c(C)cccc2C)c(-c2cn(C)c(=O)c3c2NCC(C)(C)O3)c1. The maximum atomic E-state index is 12.9. The molecule has 1 aliphatic rings. The predicted octanol–water partition coefficient (Wildman–Crippen LogP) is 5.17. The maximum Gasteiger partial charge on any atom is 0.294 e. The highest BCUT2D eigenvalue weighted by Crippen LogP contribution is 2.44. The van der Waals surface area contributed by atoms with Gasteiger partial charge in [-0.25, -0.2) is 0 Å². The molecule has 0 aliphatic carbocycles. The number of para-hydroxylation sites is 1. The molecular weight excluding hydrogens is 430 g/mol. The van der Waals surface area contributed by atoms with E-state index in [1.54, 1.807) is 19.3 Å². The van der Waals surface area contributed by atoms with Crippen LogP contribution in [0.1, 0.15) is 25.0 Å². The lowest BCUT2D eigenvalue weighted by Gasteiger charge is -2.34. The van der Waals surface area contributed by atoms with Crippen LogP contribution in [0.4, 0.5) is 11.4 Å². The Balaban J connectivity index is 1.93. The van der Waals surface area contributed by atoms with E-state index in [0.717, 1.165) is 22.4 Å². The predicted molar refractivity (Wildman–Crippen MR) is 135 cm³/mol. The number of aryl methyl sites for hydroxylation is 3. The Kier molecular flexibility index (Phi) is 5.96. The summed E-state index contributed by atoms with van der Waals surface area (Å²) >= 11 is 0. The van der Waals surface area contributed by atoms with Crippen LogP contribution < -0.4 is 25.7 Å². The van der Waals surface area contributed by atoms with Crippen LogP contribution in [0.3, 0.4) is 0 Å². The first-order valence-corrected chi connectivity index (χ1v) is 11.1. The first kappa shape index (κ1) is 23.2. The third-order valence-electron chi connectivity index (χ3n) is 5.75. The van der Waals surface area contributed by atoms with Gasteiger partial charge in [0.15, 0.2) is 0 Å². The number of fused-ring (bicyclic) bond motifs is 1. The van der Waals surface area contributed by atoms with Crippen molar-refractivity contribution >= 4 is 17.3 Å². The van der Waals surface area contributed by atoms with Gasteiger partial charge < -0.3 is 24.7 Å². The highest BCUT2D eigenvalue weighted by molar-refractivity contribution is 6.00. The standard InChI is InChI=1S/C27H29N3O4/c1-7-22(31)29-18-11-12-21(33-24-16(2)9-8-10-17(24)3)19(13-18)20-14-30(6)26(32)25-23(20)28-15-27(4,5)34-25/h7-14,28H,1,15H2,2-6H3,(H,29,31). The molecule has 2 aromatic carbocycles. The van der Waals surface area contributed by atoms with Gasteiger partial charge in [-0.05, 0) is 63.1 Å². The summed E-state index contributed by atoms with van der Waals surface area (Å²) in [4.78, 5) is 24.9. The van der Waals surface area contributed by atoms with Gasteiger partial charge in [0, 0.05) is 30.1 Å². The number of benzene rings is 2. The van der Waals surface area contributed by atoms with Crippen LogP contribution in [0.25, 0.3) is 11.1 Å². The van der Waals surface area contributed by atoms with Crippen molar-refractivity contribution in [2.24, 2.45) is 7.05 Å². The Hall–Kier alpha value is -4.00. The minimum absolute atomic E-state index is 0.229. The van der Waals surface area contributed by atoms with Crippen molar-refractivity contribution < 1.29 is 14.3 Å². The topological polar surface area (TPSA) is 81.6 Å². The van der Waals surface area contributed by atoms with Crippen molar-refractivity contribution in [2.75, 3.05) is 17.2 Å². The lowest BCUT2D eigenvalue weighted by atomic mass is 10.00.